The smallest absolute Gasteiger partial charge is 0.317 e. The number of rotatable bonds is 1. The van der Waals surface area contributed by atoms with E-state index in [1.807, 2.05) is 18.2 Å². The van der Waals surface area contributed by atoms with Gasteiger partial charge in [0, 0.05) is 26.1 Å². The zero-order valence-electron chi connectivity index (χ0n) is 9.36. The third-order valence-electron chi connectivity index (χ3n) is 2.73. The number of benzene rings is 1. The summed E-state index contributed by atoms with van der Waals surface area (Å²) in [7, 11) is 3.36. The number of carbonyl (C=O) groups is 2. The van der Waals surface area contributed by atoms with Crippen molar-refractivity contribution in [2.45, 2.75) is 12.5 Å². The number of urea groups is 1. The van der Waals surface area contributed by atoms with Crippen LogP contribution in [-0.4, -0.2) is 30.8 Å². The number of Topliss-reactive ketones (excluding diaryl/α,β-unsaturated/α-hetero) is 1. The molecular weight excluding hydrogens is 204 g/mol. The number of hydrogen-bond acceptors (Lipinski definition) is 2. The van der Waals surface area contributed by atoms with Gasteiger partial charge in [-0.2, -0.15) is 0 Å². The molecular formula is C12H14N2O2. The Labute approximate surface area is 94.2 Å². The highest BCUT2D eigenvalue weighted by atomic mass is 16.2. The molecule has 0 saturated carbocycles. The predicted molar refractivity (Wildman–Crippen MR) is 60.3 cm³/mol. The number of hydrogen-bond donors (Lipinski definition) is 1. The minimum absolute atomic E-state index is 0.0969. The number of fused-ring (bicyclic) bond motifs is 1. The lowest BCUT2D eigenvalue weighted by molar-refractivity contribution is 0.0986. The first kappa shape index (κ1) is 10.7. The van der Waals surface area contributed by atoms with Crippen molar-refractivity contribution >= 4 is 11.8 Å². The average Bonchev–Trinajstić information content (AvgIpc) is 2.57. The van der Waals surface area contributed by atoms with Crippen molar-refractivity contribution in [2.24, 2.45) is 0 Å². The first-order chi connectivity index (χ1) is 7.59. The van der Waals surface area contributed by atoms with Gasteiger partial charge in [-0.05, 0) is 5.56 Å². The van der Waals surface area contributed by atoms with E-state index in [2.05, 4.69) is 5.32 Å². The summed E-state index contributed by atoms with van der Waals surface area (Å²) in [5.41, 5.74) is 1.65. The number of amides is 2. The van der Waals surface area contributed by atoms with Gasteiger partial charge in [0.05, 0.1) is 6.04 Å². The Bertz CT molecular complexity index is 440. The van der Waals surface area contributed by atoms with Crippen molar-refractivity contribution in [1.82, 2.24) is 10.2 Å². The van der Waals surface area contributed by atoms with E-state index >= 15 is 0 Å². The fourth-order valence-electron chi connectivity index (χ4n) is 1.87. The third-order valence-corrected chi connectivity index (χ3v) is 2.73. The summed E-state index contributed by atoms with van der Waals surface area (Å²) in [6, 6.07) is 7.06. The first-order valence-electron chi connectivity index (χ1n) is 5.19. The molecule has 0 unspecified atom stereocenters. The van der Waals surface area contributed by atoms with Crippen molar-refractivity contribution in [3.8, 4) is 0 Å². The standard InChI is InChI=1S/C12H14N2O2/c1-14(2)12(16)13-10-7-11(15)9-6-4-3-5-8(9)10/h3-6,10H,7H2,1-2H3,(H,13,16)/t10-/m1/s1. The summed E-state index contributed by atoms with van der Waals surface area (Å²) in [6.45, 7) is 0. The zero-order chi connectivity index (χ0) is 11.7. The van der Waals surface area contributed by atoms with Gasteiger partial charge >= 0.3 is 6.03 Å². The van der Waals surface area contributed by atoms with Gasteiger partial charge in [0.25, 0.3) is 0 Å². The topological polar surface area (TPSA) is 49.4 Å². The maximum atomic E-state index is 11.7. The van der Waals surface area contributed by atoms with Gasteiger partial charge < -0.3 is 10.2 Å². The molecule has 0 aromatic heterocycles. The Hall–Kier alpha value is -1.84. The van der Waals surface area contributed by atoms with Crippen LogP contribution in [-0.2, 0) is 0 Å². The van der Waals surface area contributed by atoms with E-state index in [9.17, 15) is 9.59 Å². The average molecular weight is 218 g/mol. The maximum Gasteiger partial charge on any atom is 0.317 e. The van der Waals surface area contributed by atoms with E-state index in [1.165, 1.54) is 4.90 Å². The van der Waals surface area contributed by atoms with Crippen molar-refractivity contribution in [2.75, 3.05) is 14.1 Å². The van der Waals surface area contributed by atoms with Crippen LogP contribution in [0.25, 0.3) is 0 Å². The molecule has 0 aliphatic heterocycles. The molecule has 1 N–H and O–H groups in total. The summed E-state index contributed by atoms with van der Waals surface area (Å²) in [5, 5.41) is 2.83. The lowest BCUT2D eigenvalue weighted by Gasteiger charge is -2.17. The molecule has 0 fully saturated rings. The molecule has 1 atom stereocenters. The van der Waals surface area contributed by atoms with Crippen molar-refractivity contribution in [3.63, 3.8) is 0 Å². The normalized spacial score (nSPS) is 18.1. The van der Waals surface area contributed by atoms with E-state index in [-0.39, 0.29) is 17.9 Å². The molecule has 0 spiro atoms. The second-order valence-corrected chi connectivity index (χ2v) is 4.11. The zero-order valence-corrected chi connectivity index (χ0v) is 9.36. The Morgan fingerprint density at radius 2 is 2.06 bits per heavy atom. The highest BCUT2D eigenvalue weighted by Gasteiger charge is 2.29. The molecule has 4 nitrogen and oxygen atoms in total. The van der Waals surface area contributed by atoms with Crippen molar-refractivity contribution in [3.05, 3.63) is 35.4 Å². The van der Waals surface area contributed by atoms with Gasteiger partial charge in [-0.1, -0.05) is 24.3 Å². The molecule has 1 aliphatic carbocycles. The van der Waals surface area contributed by atoms with Crippen LogP contribution < -0.4 is 5.32 Å². The second kappa shape index (κ2) is 3.96. The Balaban J connectivity index is 2.21. The molecule has 0 heterocycles. The molecule has 84 valence electrons. The van der Waals surface area contributed by atoms with Crippen molar-refractivity contribution < 1.29 is 9.59 Å². The van der Waals surface area contributed by atoms with Crippen LogP contribution in [0.1, 0.15) is 28.4 Å². The van der Waals surface area contributed by atoms with Gasteiger partial charge in [-0.15, -0.1) is 0 Å². The van der Waals surface area contributed by atoms with Gasteiger partial charge in [-0.3, -0.25) is 4.79 Å². The summed E-state index contributed by atoms with van der Waals surface area (Å²) in [5.74, 6) is 0.0969. The van der Waals surface area contributed by atoms with Gasteiger partial charge in [0.2, 0.25) is 0 Å². The minimum Gasteiger partial charge on any atom is -0.331 e. The van der Waals surface area contributed by atoms with E-state index in [0.29, 0.717) is 6.42 Å². The van der Waals surface area contributed by atoms with E-state index in [4.69, 9.17) is 0 Å². The Kier molecular flexibility index (Phi) is 2.64. The van der Waals surface area contributed by atoms with Crippen LogP contribution in [0.4, 0.5) is 4.79 Å². The summed E-state index contributed by atoms with van der Waals surface area (Å²) in [4.78, 5) is 24.6. The molecule has 2 amide bonds. The monoisotopic (exact) mass is 218 g/mol. The van der Waals surface area contributed by atoms with Crippen LogP contribution in [0.3, 0.4) is 0 Å². The number of carbonyl (C=O) groups excluding carboxylic acids is 2. The second-order valence-electron chi connectivity index (χ2n) is 4.11. The van der Waals surface area contributed by atoms with E-state index < -0.39 is 0 Å². The lowest BCUT2D eigenvalue weighted by atomic mass is 10.1. The largest absolute Gasteiger partial charge is 0.331 e. The molecule has 0 saturated heterocycles. The molecule has 4 heteroatoms. The minimum atomic E-state index is -0.182. The van der Waals surface area contributed by atoms with Gasteiger partial charge in [0.15, 0.2) is 5.78 Å². The lowest BCUT2D eigenvalue weighted by Crippen LogP contribution is -2.36. The Morgan fingerprint density at radius 1 is 1.38 bits per heavy atom. The molecule has 0 bridgehead atoms. The summed E-state index contributed by atoms with van der Waals surface area (Å²) >= 11 is 0. The maximum absolute atomic E-state index is 11.7. The Morgan fingerprint density at radius 3 is 2.75 bits per heavy atom. The molecule has 0 radical (unpaired) electrons. The van der Waals surface area contributed by atoms with Gasteiger partial charge in [-0.25, -0.2) is 4.79 Å². The van der Waals surface area contributed by atoms with E-state index in [0.717, 1.165) is 11.1 Å². The highest BCUT2D eigenvalue weighted by Crippen LogP contribution is 2.30. The van der Waals surface area contributed by atoms with Crippen molar-refractivity contribution in [1.29, 1.82) is 0 Å². The molecule has 16 heavy (non-hydrogen) atoms. The fourth-order valence-corrected chi connectivity index (χ4v) is 1.87. The van der Waals surface area contributed by atoms with Crippen LogP contribution in [0.15, 0.2) is 24.3 Å². The predicted octanol–water partition coefficient (Wildman–Crippen LogP) is 1.59. The van der Waals surface area contributed by atoms with Crippen LogP contribution in [0, 0.1) is 0 Å². The summed E-state index contributed by atoms with van der Waals surface area (Å²) in [6.07, 6.45) is 0.360. The third kappa shape index (κ3) is 1.78. The SMILES string of the molecule is CN(C)C(=O)N[C@@H]1CC(=O)c2ccccc21. The number of nitrogens with one attached hydrogen (secondary N) is 1. The summed E-state index contributed by atoms with van der Waals surface area (Å²) < 4.78 is 0. The number of nitrogens with zero attached hydrogens (tertiary/aromatic N) is 1. The molecule has 1 aromatic rings. The fraction of sp³-hybridized carbons (Fsp3) is 0.333. The molecule has 2 rings (SSSR count). The molecule has 1 aliphatic rings. The van der Waals surface area contributed by atoms with Crippen LogP contribution in [0.5, 0.6) is 0 Å². The molecule has 1 aromatic carbocycles. The van der Waals surface area contributed by atoms with Crippen LogP contribution in [0.2, 0.25) is 0 Å². The van der Waals surface area contributed by atoms with Gasteiger partial charge in [0.1, 0.15) is 0 Å². The first-order valence-corrected chi connectivity index (χ1v) is 5.19. The quantitative estimate of drug-likeness (QED) is 0.778. The van der Waals surface area contributed by atoms with Crippen LogP contribution >= 0.6 is 0 Å². The highest BCUT2D eigenvalue weighted by molar-refractivity contribution is 6.01. The number of ketones is 1. The van der Waals surface area contributed by atoms with E-state index in [1.54, 1.807) is 20.2 Å².